The molecular formula is C11H16BrN3S. The second-order valence-electron chi connectivity index (χ2n) is 3.96. The third-order valence-corrected chi connectivity index (χ3v) is 5.00. The first-order chi connectivity index (χ1) is 7.63. The van der Waals surface area contributed by atoms with Gasteiger partial charge in [-0.1, -0.05) is 6.92 Å². The zero-order chi connectivity index (χ0) is 11.7. The van der Waals surface area contributed by atoms with Gasteiger partial charge in [-0.3, -0.25) is 4.99 Å². The molecule has 0 saturated carbocycles. The third kappa shape index (κ3) is 2.11. The molecule has 1 aliphatic heterocycles. The number of aliphatic imine (C=N–C) groups is 1. The molecule has 2 rings (SSSR count). The highest BCUT2D eigenvalue weighted by atomic mass is 79.9. The summed E-state index contributed by atoms with van der Waals surface area (Å²) >= 11 is 5.39. The van der Waals surface area contributed by atoms with E-state index < -0.39 is 0 Å². The molecule has 16 heavy (non-hydrogen) atoms. The zero-order valence-electron chi connectivity index (χ0n) is 9.53. The Hall–Kier alpha value is -0.550. The van der Waals surface area contributed by atoms with E-state index in [1.807, 2.05) is 11.3 Å². The van der Waals surface area contributed by atoms with Crippen LogP contribution >= 0.6 is 27.3 Å². The van der Waals surface area contributed by atoms with Crippen molar-refractivity contribution in [1.29, 1.82) is 0 Å². The molecule has 5 heteroatoms. The number of hydrogen-bond acceptors (Lipinski definition) is 4. The van der Waals surface area contributed by atoms with Crippen LogP contribution in [0.2, 0.25) is 0 Å². The number of halogens is 1. The van der Waals surface area contributed by atoms with Crippen molar-refractivity contribution >= 4 is 33.2 Å². The lowest BCUT2D eigenvalue weighted by atomic mass is 10.2. The van der Waals surface area contributed by atoms with Crippen LogP contribution in [-0.4, -0.2) is 23.9 Å². The summed E-state index contributed by atoms with van der Waals surface area (Å²) in [5.74, 6) is 0.689. The number of rotatable bonds is 3. The Bertz CT molecular complexity index is 394. The Morgan fingerprint density at radius 2 is 2.44 bits per heavy atom. The Morgan fingerprint density at radius 3 is 3.00 bits per heavy atom. The second-order valence-corrected chi connectivity index (χ2v) is 6.10. The first-order valence-corrected chi connectivity index (χ1v) is 7.06. The highest BCUT2D eigenvalue weighted by molar-refractivity contribution is 9.10. The topological polar surface area (TPSA) is 41.6 Å². The van der Waals surface area contributed by atoms with Crippen LogP contribution in [0.15, 0.2) is 15.5 Å². The van der Waals surface area contributed by atoms with Crippen LogP contribution in [0.1, 0.15) is 29.1 Å². The Morgan fingerprint density at radius 1 is 1.69 bits per heavy atom. The van der Waals surface area contributed by atoms with Crippen molar-refractivity contribution in [2.45, 2.75) is 26.3 Å². The SMILES string of the molecule is CCCN1C(N)=NCC1c1cc(Br)c(C)s1. The molecule has 0 saturated heterocycles. The Balaban J connectivity index is 2.21. The molecule has 1 aromatic rings. The summed E-state index contributed by atoms with van der Waals surface area (Å²) in [5.41, 5.74) is 5.91. The standard InChI is InChI=1S/C11H16BrN3S/c1-3-4-15-9(6-14-11(15)13)10-5-8(12)7(2)16-10/h5,9H,3-4,6H2,1-2H3,(H2,13,14). The highest BCUT2D eigenvalue weighted by Gasteiger charge is 2.28. The summed E-state index contributed by atoms with van der Waals surface area (Å²) in [4.78, 5) is 9.22. The first kappa shape index (κ1) is 11.9. The van der Waals surface area contributed by atoms with Crippen LogP contribution in [0.4, 0.5) is 0 Å². The van der Waals surface area contributed by atoms with E-state index >= 15 is 0 Å². The molecule has 1 atom stereocenters. The Labute approximate surface area is 108 Å². The molecule has 2 heterocycles. The maximum absolute atomic E-state index is 5.91. The monoisotopic (exact) mass is 301 g/mol. The molecular weight excluding hydrogens is 286 g/mol. The third-order valence-electron chi connectivity index (χ3n) is 2.77. The number of guanidine groups is 1. The molecule has 1 aromatic heterocycles. The summed E-state index contributed by atoms with van der Waals surface area (Å²) in [5, 5.41) is 0. The summed E-state index contributed by atoms with van der Waals surface area (Å²) in [6, 6.07) is 2.54. The predicted octanol–water partition coefficient (Wildman–Crippen LogP) is 2.90. The minimum Gasteiger partial charge on any atom is -0.370 e. The lowest BCUT2D eigenvalue weighted by Crippen LogP contribution is -2.36. The number of hydrogen-bond donors (Lipinski definition) is 1. The van der Waals surface area contributed by atoms with Gasteiger partial charge in [0, 0.05) is 20.8 Å². The van der Waals surface area contributed by atoms with Crippen LogP contribution in [0, 0.1) is 6.92 Å². The van der Waals surface area contributed by atoms with Crippen LogP contribution in [0.25, 0.3) is 0 Å². The van der Waals surface area contributed by atoms with Crippen LogP contribution in [0.3, 0.4) is 0 Å². The van der Waals surface area contributed by atoms with Crippen LogP contribution < -0.4 is 5.73 Å². The largest absolute Gasteiger partial charge is 0.370 e. The van der Waals surface area contributed by atoms with E-state index in [2.05, 4.69) is 45.7 Å². The smallest absolute Gasteiger partial charge is 0.191 e. The number of nitrogens with two attached hydrogens (primary N) is 1. The van der Waals surface area contributed by atoms with E-state index in [4.69, 9.17) is 5.73 Å². The molecule has 88 valence electrons. The molecule has 3 nitrogen and oxygen atoms in total. The van der Waals surface area contributed by atoms with Crippen molar-refractivity contribution in [3.63, 3.8) is 0 Å². The van der Waals surface area contributed by atoms with Crippen molar-refractivity contribution in [1.82, 2.24) is 4.90 Å². The molecule has 1 aliphatic rings. The van der Waals surface area contributed by atoms with Crippen LogP contribution in [-0.2, 0) is 0 Å². The minimum absolute atomic E-state index is 0.343. The van der Waals surface area contributed by atoms with Gasteiger partial charge in [0.05, 0.1) is 12.6 Å². The lowest BCUT2D eigenvalue weighted by Gasteiger charge is -2.24. The van der Waals surface area contributed by atoms with Crippen molar-refractivity contribution < 1.29 is 0 Å². The Kier molecular flexibility index (Phi) is 3.54. The molecule has 0 aliphatic carbocycles. The second kappa shape index (κ2) is 4.75. The first-order valence-electron chi connectivity index (χ1n) is 5.46. The number of thiophene rings is 1. The van der Waals surface area contributed by atoms with E-state index in [1.54, 1.807) is 0 Å². The van der Waals surface area contributed by atoms with Gasteiger partial charge in [-0.2, -0.15) is 0 Å². The minimum atomic E-state index is 0.343. The fraction of sp³-hybridized carbons (Fsp3) is 0.545. The summed E-state index contributed by atoms with van der Waals surface area (Å²) < 4.78 is 1.19. The number of aryl methyl sites for hydroxylation is 1. The normalized spacial score (nSPS) is 20.3. The summed E-state index contributed by atoms with van der Waals surface area (Å²) in [7, 11) is 0. The number of nitrogens with zero attached hydrogens (tertiary/aromatic N) is 2. The fourth-order valence-electron chi connectivity index (χ4n) is 1.93. The zero-order valence-corrected chi connectivity index (χ0v) is 11.9. The predicted molar refractivity (Wildman–Crippen MR) is 73.0 cm³/mol. The van der Waals surface area contributed by atoms with Crippen molar-refractivity contribution in [3.8, 4) is 0 Å². The van der Waals surface area contributed by atoms with Gasteiger partial charge in [0.25, 0.3) is 0 Å². The van der Waals surface area contributed by atoms with Gasteiger partial charge < -0.3 is 10.6 Å². The molecule has 0 aromatic carbocycles. The average Bonchev–Trinajstić information content (AvgIpc) is 2.74. The van der Waals surface area contributed by atoms with Gasteiger partial charge in [-0.05, 0) is 35.3 Å². The van der Waals surface area contributed by atoms with Gasteiger partial charge in [0.2, 0.25) is 0 Å². The highest BCUT2D eigenvalue weighted by Crippen LogP contribution is 2.35. The van der Waals surface area contributed by atoms with E-state index in [0.29, 0.717) is 12.0 Å². The van der Waals surface area contributed by atoms with Crippen molar-refractivity contribution in [2.75, 3.05) is 13.1 Å². The van der Waals surface area contributed by atoms with E-state index in [-0.39, 0.29) is 0 Å². The van der Waals surface area contributed by atoms with E-state index in [9.17, 15) is 0 Å². The molecule has 0 spiro atoms. The van der Waals surface area contributed by atoms with Crippen molar-refractivity contribution in [2.24, 2.45) is 10.7 Å². The fourth-order valence-corrected chi connectivity index (χ4v) is 3.60. The van der Waals surface area contributed by atoms with Crippen LogP contribution in [0.5, 0.6) is 0 Å². The van der Waals surface area contributed by atoms with Gasteiger partial charge in [-0.25, -0.2) is 0 Å². The van der Waals surface area contributed by atoms with Gasteiger partial charge in [0.15, 0.2) is 5.96 Å². The van der Waals surface area contributed by atoms with Crippen molar-refractivity contribution in [3.05, 3.63) is 20.3 Å². The molecule has 0 fully saturated rings. The average molecular weight is 302 g/mol. The van der Waals surface area contributed by atoms with Gasteiger partial charge in [-0.15, -0.1) is 11.3 Å². The molecule has 0 amide bonds. The lowest BCUT2D eigenvalue weighted by molar-refractivity contribution is 0.351. The summed E-state index contributed by atoms with van der Waals surface area (Å²) in [6.07, 6.45) is 1.10. The quantitative estimate of drug-likeness (QED) is 0.933. The van der Waals surface area contributed by atoms with Gasteiger partial charge in [0.1, 0.15) is 0 Å². The molecule has 2 N–H and O–H groups in total. The maximum atomic E-state index is 5.91. The molecule has 0 radical (unpaired) electrons. The van der Waals surface area contributed by atoms with Gasteiger partial charge >= 0.3 is 0 Å². The van der Waals surface area contributed by atoms with E-state index in [1.165, 1.54) is 14.2 Å². The van der Waals surface area contributed by atoms with E-state index in [0.717, 1.165) is 19.5 Å². The molecule has 0 bridgehead atoms. The maximum Gasteiger partial charge on any atom is 0.191 e. The molecule has 1 unspecified atom stereocenters. The summed E-state index contributed by atoms with van der Waals surface area (Å²) in [6.45, 7) is 6.06.